The van der Waals surface area contributed by atoms with Crippen LogP contribution in [0.2, 0.25) is 0 Å². The highest BCUT2D eigenvalue weighted by Crippen LogP contribution is 2.30. The molecule has 0 saturated carbocycles. The highest BCUT2D eigenvalue weighted by molar-refractivity contribution is 6.07. The summed E-state index contributed by atoms with van der Waals surface area (Å²) in [7, 11) is 1.54. The minimum Gasteiger partial charge on any atom is -0.287 e. The van der Waals surface area contributed by atoms with E-state index in [0.717, 1.165) is 0 Å². The fourth-order valence-electron chi connectivity index (χ4n) is 1.55. The third kappa shape index (κ3) is 2.64. The fourth-order valence-corrected chi connectivity index (χ4v) is 1.55. The summed E-state index contributed by atoms with van der Waals surface area (Å²) < 4.78 is 52.3. The summed E-state index contributed by atoms with van der Waals surface area (Å²) in [5, 5.41) is 3.74. The fraction of sp³-hybridized carbons (Fsp3) is 0.167. The lowest BCUT2D eigenvalue weighted by atomic mass is 10.0. The van der Waals surface area contributed by atoms with Gasteiger partial charge in [0.05, 0.1) is 11.1 Å². The lowest BCUT2D eigenvalue weighted by Crippen LogP contribution is -2.11. The molecule has 0 fully saturated rings. The largest absolute Gasteiger partial charge is 0.416 e. The first-order valence-corrected chi connectivity index (χ1v) is 5.20. The second-order valence-corrected chi connectivity index (χ2v) is 3.90. The lowest BCUT2D eigenvalue weighted by molar-refractivity contribution is -0.137. The van der Waals surface area contributed by atoms with Gasteiger partial charge in [0, 0.05) is 13.2 Å². The van der Waals surface area contributed by atoms with Crippen molar-refractivity contribution in [3.05, 3.63) is 53.1 Å². The van der Waals surface area contributed by atoms with Crippen LogP contribution in [0.25, 0.3) is 0 Å². The first kappa shape index (κ1) is 13.3. The van der Waals surface area contributed by atoms with Crippen molar-refractivity contribution in [3.8, 4) is 0 Å². The SMILES string of the molecule is Cn1ccc(C(=O)c2cc(C(F)(F)F)ccc2F)n1. The van der Waals surface area contributed by atoms with Crippen molar-refractivity contribution in [2.75, 3.05) is 0 Å². The van der Waals surface area contributed by atoms with Gasteiger partial charge in [-0.15, -0.1) is 0 Å². The van der Waals surface area contributed by atoms with Crippen molar-refractivity contribution >= 4 is 5.78 Å². The van der Waals surface area contributed by atoms with Gasteiger partial charge in [-0.2, -0.15) is 18.3 Å². The smallest absolute Gasteiger partial charge is 0.287 e. The lowest BCUT2D eigenvalue weighted by Gasteiger charge is -2.08. The van der Waals surface area contributed by atoms with Crippen molar-refractivity contribution in [3.63, 3.8) is 0 Å². The molecule has 0 bridgehead atoms. The number of carbonyl (C=O) groups is 1. The minimum absolute atomic E-state index is 0.110. The molecule has 1 aromatic heterocycles. The number of ketones is 1. The standard InChI is InChI=1S/C12H8F4N2O/c1-18-5-4-10(17-18)11(19)8-6-7(12(14,15)16)2-3-9(8)13/h2-6H,1H3. The zero-order valence-corrected chi connectivity index (χ0v) is 9.70. The first-order valence-electron chi connectivity index (χ1n) is 5.20. The van der Waals surface area contributed by atoms with Crippen molar-refractivity contribution in [1.82, 2.24) is 9.78 Å². The van der Waals surface area contributed by atoms with Gasteiger partial charge in [-0.3, -0.25) is 9.48 Å². The highest BCUT2D eigenvalue weighted by atomic mass is 19.4. The molecule has 0 N–H and O–H groups in total. The summed E-state index contributed by atoms with van der Waals surface area (Å²) in [5.74, 6) is -1.90. The van der Waals surface area contributed by atoms with Crippen LogP contribution in [0.4, 0.5) is 17.6 Å². The molecule has 1 heterocycles. The van der Waals surface area contributed by atoms with Crippen molar-refractivity contribution in [1.29, 1.82) is 0 Å². The van der Waals surface area contributed by atoms with E-state index in [1.165, 1.54) is 16.9 Å². The summed E-state index contributed by atoms with van der Waals surface area (Å²) in [6, 6.07) is 3.01. The summed E-state index contributed by atoms with van der Waals surface area (Å²) in [6.07, 6.45) is -3.19. The van der Waals surface area contributed by atoms with Gasteiger partial charge in [-0.25, -0.2) is 4.39 Å². The molecule has 3 nitrogen and oxygen atoms in total. The topological polar surface area (TPSA) is 34.9 Å². The molecule has 19 heavy (non-hydrogen) atoms. The maximum Gasteiger partial charge on any atom is 0.416 e. The van der Waals surface area contributed by atoms with Gasteiger partial charge >= 0.3 is 6.18 Å². The average molecular weight is 272 g/mol. The molecule has 0 spiro atoms. The Hall–Kier alpha value is -2.18. The number of halogens is 4. The maximum absolute atomic E-state index is 13.5. The summed E-state index contributed by atoms with van der Waals surface area (Å²) >= 11 is 0. The Kier molecular flexibility index (Phi) is 3.13. The average Bonchev–Trinajstić information content (AvgIpc) is 2.74. The van der Waals surface area contributed by atoms with E-state index in [9.17, 15) is 22.4 Å². The minimum atomic E-state index is -4.63. The molecule has 2 aromatic rings. The van der Waals surface area contributed by atoms with Gasteiger partial charge in [0.2, 0.25) is 5.78 Å². The van der Waals surface area contributed by atoms with Crippen LogP contribution in [0.5, 0.6) is 0 Å². The van der Waals surface area contributed by atoms with E-state index in [0.29, 0.717) is 18.2 Å². The molecule has 7 heteroatoms. The van der Waals surface area contributed by atoms with E-state index in [4.69, 9.17) is 0 Å². The van der Waals surface area contributed by atoms with Gasteiger partial charge < -0.3 is 0 Å². The van der Waals surface area contributed by atoms with Crippen LogP contribution in [-0.2, 0) is 13.2 Å². The van der Waals surface area contributed by atoms with Crippen molar-refractivity contribution < 1.29 is 22.4 Å². The summed E-state index contributed by atoms with van der Waals surface area (Å²) in [5.41, 5.74) is -1.83. The molecule has 0 unspecified atom stereocenters. The molecule has 1 aromatic carbocycles. The second kappa shape index (κ2) is 4.49. The number of carbonyl (C=O) groups excluding carboxylic acids is 1. The molecule has 100 valence electrons. The number of alkyl halides is 3. The molecular formula is C12H8F4N2O. The Morgan fingerprint density at radius 3 is 2.47 bits per heavy atom. The first-order chi connectivity index (χ1) is 8.79. The molecular weight excluding hydrogens is 264 g/mol. The number of hydrogen-bond donors (Lipinski definition) is 0. The van der Waals surface area contributed by atoms with Gasteiger partial charge in [-0.05, 0) is 24.3 Å². The van der Waals surface area contributed by atoms with Crippen LogP contribution in [0.3, 0.4) is 0 Å². The van der Waals surface area contributed by atoms with Crippen LogP contribution in [0.15, 0.2) is 30.5 Å². The Morgan fingerprint density at radius 2 is 1.95 bits per heavy atom. The van der Waals surface area contributed by atoms with E-state index in [-0.39, 0.29) is 5.69 Å². The Balaban J connectivity index is 2.47. The van der Waals surface area contributed by atoms with E-state index in [1.807, 2.05) is 0 Å². The van der Waals surface area contributed by atoms with Crippen LogP contribution in [-0.4, -0.2) is 15.6 Å². The van der Waals surface area contributed by atoms with E-state index >= 15 is 0 Å². The number of benzene rings is 1. The summed E-state index contributed by atoms with van der Waals surface area (Å²) in [4.78, 5) is 11.9. The number of hydrogen-bond acceptors (Lipinski definition) is 2. The molecule has 2 rings (SSSR count). The van der Waals surface area contributed by atoms with Gasteiger partial charge in [0.15, 0.2) is 0 Å². The molecule has 0 saturated heterocycles. The number of aryl methyl sites for hydroxylation is 1. The molecule has 0 amide bonds. The van der Waals surface area contributed by atoms with E-state index in [2.05, 4.69) is 5.10 Å². The third-order valence-electron chi connectivity index (χ3n) is 2.48. The Labute approximate surface area is 105 Å². The molecule has 0 aliphatic carbocycles. The monoisotopic (exact) mass is 272 g/mol. The maximum atomic E-state index is 13.5. The molecule has 0 aliphatic rings. The number of nitrogens with zero attached hydrogens (tertiary/aromatic N) is 2. The van der Waals surface area contributed by atoms with E-state index in [1.54, 1.807) is 7.05 Å². The van der Waals surface area contributed by atoms with Gasteiger partial charge in [-0.1, -0.05) is 0 Å². The Bertz CT molecular complexity index is 631. The number of rotatable bonds is 2. The normalized spacial score (nSPS) is 11.6. The highest BCUT2D eigenvalue weighted by Gasteiger charge is 2.32. The molecule has 0 aliphatic heterocycles. The van der Waals surface area contributed by atoms with E-state index < -0.39 is 28.9 Å². The third-order valence-corrected chi connectivity index (χ3v) is 2.48. The van der Waals surface area contributed by atoms with Gasteiger partial charge in [0.1, 0.15) is 11.5 Å². The predicted molar refractivity (Wildman–Crippen MR) is 58.0 cm³/mol. The van der Waals surface area contributed by atoms with Crippen LogP contribution >= 0.6 is 0 Å². The van der Waals surface area contributed by atoms with Crippen LogP contribution in [0, 0.1) is 5.82 Å². The van der Waals surface area contributed by atoms with Crippen LogP contribution < -0.4 is 0 Å². The molecule has 0 radical (unpaired) electrons. The zero-order chi connectivity index (χ0) is 14.2. The number of aromatic nitrogens is 2. The predicted octanol–water partition coefficient (Wildman–Crippen LogP) is 2.81. The molecule has 0 atom stereocenters. The quantitative estimate of drug-likeness (QED) is 0.622. The zero-order valence-electron chi connectivity index (χ0n) is 9.70. The van der Waals surface area contributed by atoms with Crippen molar-refractivity contribution in [2.45, 2.75) is 6.18 Å². The van der Waals surface area contributed by atoms with Crippen LogP contribution in [0.1, 0.15) is 21.6 Å². The summed E-state index contributed by atoms with van der Waals surface area (Å²) in [6.45, 7) is 0. The Morgan fingerprint density at radius 1 is 1.26 bits per heavy atom. The van der Waals surface area contributed by atoms with Gasteiger partial charge in [0.25, 0.3) is 0 Å². The van der Waals surface area contributed by atoms with Crippen molar-refractivity contribution in [2.24, 2.45) is 7.05 Å². The second-order valence-electron chi connectivity index (χ2n) is 3.90.